The zero-order valence-electron chi connectivity index (χ0n) is 10.5. The van der Waals surface area contributed by atoms with Crippen molar-refractivity contribution in [3.63, 3.8) is 0 Å². The molecule has 21 heavy (non-hydrogen) atoms. The highest BCUT2D eigenvalue weighted by molar-refractivity contribution is 7.89. The minimum absolute atomic E-state index is 0.117. The van der Waals surface area contributed by atoms with Crippen LogP contribution in [-0.2, 0) is 10.0 Å². The van der Waals surface area contributed by atoms with E-state index in [0.717, 1.165) is 12.1 Å². The van der Waals surface area contributed by atoms with Crippen LogP contribution >= 0.6 is 0 Å². The molecule has 0 heterocycles. The van der Waals surface area contributed by atoms with E-state index >= 15 is 0 Å². The predicted octanol–water partition coefficient (Wildman–Crippen LogP) is 1.86. The third kappa shape index (κ3) is 3.41. The smallest absolute Gasteiger partial charge is 0.258 e. The third-order valence-corrected chi connectivity index (χ3v) is 3.58. The van der Waals surface area contributed by atoms with Crippen LogP contribution in [0.4, 0.5) is 14.5 Å². The number of sulfonamides is 1. The van der Waals surface area contributed by atoms with Crippen LogP contribution in [0.3, 0.4) is 0 Å². The summed E-state index contributed by atoms with van der Waals surface area (Å²) in [7, 11) is -4.06. The molecule has 0 radical (unpaired) electrons. The second kappa shape index (κ2) is 5.58. The highest BCUT2D eigenvalue weighted by atomic mass is 32.2. The zero-order valence-corrected chi connectivity index (χ0v) is 11.3. The summed E-state index contributed by atoms with van der Waals surface area (Å²) in [6.45, 7) is 0. The second-order valence-corrected chi connectivity index (χ2v) is 5.65. The third-order valence-electron chi connectivity index (χ3n) is 2.61. The van der Waals surface area contributed by atoms with E-state index in [4.69, 9.17) is 5.14 Å². The SMILES string of the molecule is NS(=O)(=O)c1ccccc1NC(=O)c1cc(F)ccc1F. The zero-order chi connectivity index (χ0) is 15.6. The Morgan fingerprint density at radius 2 is 1.76 bits per heavy atom. The van der Waals surface area contributed by atoms with Gasteiger partial charge < -0.3 is 5.32 Å². The average molecular weight is 312 g/mol. The Labute approximate surface area is 119 Å². The molecule has 0 atom stereocenters. The maximum atomic E-state index is 13.5. The Morgan fingerprint density at radius 3 is 2.43 bits per heavy atom. The largest absolute Gasteiger partial charge is 0.321 e. The van der Waals surface area contributed by atoms with Crippen molar-refractivity contribution < 1.29 is 22.0 Å². The fourth-order valence-corrected chi connectivity index (χ4v) is 2.37. The van der Waals surface area contributed by atoms with Gasteiger partial charge in [-0.3, -0.25) is 4.79 Å². The summed E-state index contributed by atoms with van der Waals surface area (Å²) in [6.07, 6.45) is 0. The quantitative estimate of drug-likeness (QED) is 0.906. The fourth-order valence-electron chi connectivity index (χ4n) is 1.68. The second-order valence-electron chi connectivity index (χ2n) is 4.12. The molecule has 8 heteroatoms. The molecule has 0 saturated heterocycles. The number of amides is 1. The van der Waals surface area contributed by atoms with E-state index in [9.17, 15) is 22.0 Å². The van der Waals surface area contributed by atoms with Crippen LogP contribution in [0.2, 0.25) is 0 Å². The number of para-hydroxylation sites is 1. The van der Waals surface area contributed by atoms with Gasteiger partial charge in [-0.1, -0.05) is 12.1 Å². The molecule has 0 unspecified atom stereocenters. The molecule has 5 nitrogen and oxygen atoms in total. The van der Waals surface area contributed by atoms with Crippen molar-refractivity contribution in [3.05, 3.63) is 59.7 Å². The van der Waals surface area contributed by atoms with E-state index < -0.39 is 33.1 Å². The van der Waals surface area contributed by atoms with Crippen LogP contribution in [0.25, 0.3) is 0 Å². The van der Waals surface area contributed by atoms with Gasteiger partial charge in [0.15, 0.2) is 0 Å². The lowest BCUT2D eigenvalue weighted by Gasteiger charge is -2.10. The summed E-state index contributed by atoms with van der Waals surface area (Å²) in [5.41, 5.74) is -0.659. The molecule has 0 aliphatic rings. The number of anilines is 1. The first-order valence-corrected chi connectivity index (χ1v) is 7.22. The van der Waals surface area contributed by atoms with E-state index in [-0.39, 0.29) is 10.6 Å². The van der Waals surface area contributed by atoms with Crippen molar-refractivity contribution in [3.8, 4) is 0 Å². The number of benzene rings is 2. The van der Waals surface area contributed by atoms with Crippen LogP contribution in [0.5, 0.6) is 0 Å². The van der Waals surface area contributed by atoms with E-state index in [2.05, 4.69) is 5.32 Å². The van der Waals surface area contributed by atoms with Crippen LogP contribution < -0.4 is 10.5 Å². The molecule has 2 rings (SSSR count). The van der Waals surface area contributed by atoms with Gasteiger partial charge in [0.1, 0.15) is 16.5 Å². The molecule has 1 amide bonds. The number of carbonyl (C=O) groups is 1. The summed E-state index contributed by atoms with van der Waals surface area (Å²) >= 11 is 0. The van der Waals surface area contributed by atoms with Gasteiger partial charge in [0, 0.05) is 0 Å². The van der Waals surface area contributed by atoms with E-state index in [1.165, 1.54) is 24.3 Å². The minimum Gasteiger partial charge on any atom is -0.321 e. The number of hydrogen-bond donors (Lipinski definition) is 2. The molecule has 110 valence electrons. The van der Waals surface area contributed by atoms with Crippen molar-refractivity contribution in [2.75, 3.05) is 5.32 Å². The minimum atomic E-state index is -4.06. The number of rotatable bonds is 3. The number of nitrogens with two attached hydrogens (primary N) is 1. The Hall–Kier alpha value is -2.32. The number of primary sulfonamides is 1. The number of nitrogens with one attached hydrogen (secondary N) is 1. The lowest BCUT2D eigenvalue weighted by Crippen LogP contribution is -2.19. The summed E-state index contributed by atoms with van der Waals surface area (Å²) in [6, 6.07) is 7.73. The summed E-state index contributed by atoms with van der Waals surface area (Å²) in [5.74, 6) is -2.70. The van der Waals surface area contributed by atoms with E-state index in [1.807, 2.05) is 0 Å². The molecular formula is C13H10F2N2O3S. The first kappa shape index (κ1) is 15.1. The van der Waals surface area contributed by atoms with Crippen molar-refractivity contribution in [2.24, 2.45) is 5.14 Å². The molecule has 2 aromatic carbocycles. The first-order chi connectivity index (χ1) is 9.79. The lowest BCUT2D eigenvalue weighted by molar-refractivity contribution is 0.102. The van der Waals surface area contributed by atoms with Gasteiger partial charge in [0.25, 0.3) is 5.91 Å². The Balaban J connectivity index is 2.39. The van der Waals surface area contributed by atoms with Gasteiger partial charge in [-0.25, -0.2) is 22.3 Å². The van der Waals surface area contributed by atoms with E-state index in [1.54, 1.807) is 0 Å². The van der Waals surface area contributed by atoms with Crippen molar-refractivity contribution in [2.45, 2.75) is 4.90 Å². The highest BCUT2D eigenvalue weighted by Gasteiger charge is 2.18. The van der Waals surface area contributed by atoms with Crippen LogP contribution in [0.1, 0.15) is 10.4 Å². The lowest BCUT2D eigenvalue weighted by atomic mass is 10.2. The summed E-state index contributed by atoms with van der Waals surface area (Å²) in [5, 5.41) is 7.21. The van der Waals surface area contributed by atoms with Crippen molar-refractivity contribution in [1.82, 2.24) is 0 Å². The molecule has 0 spiro atoms. The summed E-state index contributed by atoms with van der Waals surface area (Å²) < 4.78 is 49.3. The monoisotopic (exact) mass is 312 g/mol. The van der Waals surface area contributed by atoms with Gasteiger partial charge in [0.2, 0.25) is 10.0 Å². The maximum Gasteiger partial charge on any atom is 0.258 e. The topological polar surface area (TPSA) is 89.3 Å². The Morgan fingerprint density at radius 1 is 1.10 bits per heavy atom. The predicted molar refractivity (Wildman–Crippen MR) is 72.1 cm³/mol. The maximum absolute atomic E-state index is 13.5. The Kier molecular flexibility index (Phi) is 4.01. The standard InChI is InChI=1S/C13H10F2N2O3S/c14-8-5-6-10(15)9(7-8)13(18)17-11-3-1-2-4-12(11)21(16,19)20/h1-7H,(H,17,18)(H2,16,19,20). The molecule has 0 aromatic heterocycles. The first-order valence-electron chi connectivity index (χ1n) is 5.67. The Bertz CT molecular complexity index is 807. The van der Waals surface area contributed by atoms with Crippen LogP contribution in [0.15, 0.2) is 47.4 Å². The van der Waals surface area contributed by atoms with Gasteiger partial charge in [-0.2, -0.15) is 0 Å². The number of halogens is 2. The van der Waals surface area contributed by atoms with Gasteiger partial charge in [-0.15, -0.1) is 0 Å². The van der Waals surface area contributed by atoms with Gasteiger partial charge >= 0.3 is 0 Å². The highest BCUT2D eigenvalue weighted by Crippen LogP contribution is 2.20. The molecule has 2 aromatic rings. The number of carbonyl (C=O) groups excluding carboxylic acids is 1. The molecular weight excluding hydrogens is 302 g/mol. The van der Waals surface area contributed by atoms with Crippen LogP contribution in [-0.4, -0.2) is 14.3 Å². The molecule has 0 aliphatic carbocycles. The molecule has 0 bridgehead atoms. The van der Waals surface area contributed by atoms with Gasteiger partial charge in [-0.05, 0) is 30.3 Å². The molecule has 0 saturated carbocycles. The molecule has 0 aliphatic heterocycles. The van der Waals surface area contributed by atoms with E-state index in [0.29, 0.717) is 6.07 Å². The van der Waals surface area contributed by atoms with Gasteiger partial charge in [0.05, 0.1) is 11.3 Å². The normalized spacial score (nSPS) is 11.2. The average Bonchev–Trinajstić information content (AvgIpc) is 2.41. The molecule has 3 N–H and O–H groups in total. The van der Waals surface area contributed by atoms with Crippen LogP contribution in [0, 0.1) is 11.6 Å². The molecule has 0 fully saturated rings. The van der Waals surface area contributed by atoms with Crippen molar-refractivity contribution in [1.29, 1.82) is 0 Å². The number of hydrogen-bond acceptors (Lipinski definition) is 3. The fraction of sp³-hybridized carbons (Fsp3) is 0. The summed E-state index contributed by atoms with van der Waals surface area (Å²) in [4.78, 5) is 11.6. The van der Waals surface area contributed by atoms with Crippen molar-refractivity contribution >= 4 is 21.6 Å².